The molecule has 3 N–H and O–H groups in total. The van der Waals surface area contributed by atoms with Gasteiger partial charge in [0.25, 0.3) is 5.56 Å². The minimum Gasteiger partial charge on any atom is -0.320 e. The van der Waals surface area contributed by atoms with Crippen LogP contribution in [0.5, 0.6) is 0 Å². The zero-order valence-electron chi connectivity index (χ0n) is 13.7. The monoisotopic (exact) mass is 325 g/mol. The van der Waals surface area contributed by atoms with Gasteiger partial charge in [0.15, 0.2) is 0 Å². The van der Waals surface area contributed by atoms with Crippen molar-refractivity contribution < 1.29 is 4.79 Å². The largest absolute Gasteiger partial charge is 0.320 e. The smallest absolute Gasteiger partial charge is 0.274 e. The van der Waals surface area contributed by atoms with Crippen molar-refractivity contribution in [1.29, 1.82) is 0 Å². The average molecular weight is 325 g/mol. The van der Waals surface area contributed by atoms with Crippen molar-refractivity contribution in [2.24, 2.45) is 5.73 Å². The van der Waals surface area contributed by atoms with E-state index in [1.54, 1.807) is 22.9 Å². The second-order valence-electron chi connectivity index (χ2n) is 6.51. The first-order valence-electron chi connectivity index (χ1n) is 8.42. The Morgan fingerprint density at radius 1 is 1.08 bits per heavy atom. The van der Waals surface area contributed by atoms with E-state index in [0.717, 1.165) is 24.8 Å². The predicted octanol–water partition coefficient (Wildman–Crippen LogP) is 2.50. The molecule has 1 aliphatic rings. The summed E-state index contributed by atoms with van der Waals surface area (Å²) in [6.07, 6.45) is 6.09. The maximum Gasteiger partial charge on any atom is 0.274 e. The fraction of sp³-hybridized carbons (Fsp3) is 0.368. The molecule has 1 fully saturated rings. The number of hydrogen-bond donors (Lipinski definition) is 2. The number of rotatable bonds is 4. The van der Waals surface area contributed by atoms with Gasteiger partial charge in [0, 0.05) is 6.20 Å². The Kier molecular flexibility index (Phi) is 4.81. The van der Waals surface area contributed by atoms with Gasteiger partial charge in [0.1, 0.15) is 5.69 Å². The lowest BCUT2D eigenvalue weighted by Crippen LogP contribution is -2.52. The summed E-state index contributed by atoms with van der Waals surface area (Å²) < 4.78 is 1.59. The Morgan fingerprint density at radius 2 is 1.79 bits per heavy atom. The van der Waals surface area contributed by atoms with Crippen molar-refractivity contribution in [3.8, 4) is 0 Å². The van der Waals surface area contributed by atoms with Gasteiger partial charge in [0.2, 0.25) is 5.91 Å². The Bertz CT molecular complexity index is 762. The van der Waals surface area contributed by atoms with Crippen LogP contribution < -0.4 is 16.6 Å². The van der Waals surface area contributed by atoms with Gasteiger partial charge in [-0.25, -0.2) is 0 Å². The summed E-state index contributed by atoms with van der Waals surface area (Å²) in [6.45, 7) is 0.469. The molecule has 126 valence electrons. The molecular formula is C19H23N3O2. The fourth-order valence-corrected chi connectivity index (χ4v) is 3.19. The van der Waals surface area contributed by atoms with E-state index < -0.39 is 5.54 Å². The minimum atomic E-state index is -0.856. The lowest BCUT2D eigenvalue weighted by molar-refractivity contribution is -0.122. The van der Waals surface area contributed by atoms with Crippen molar-refractivity contribution >= 4 is 11.6 Å². The third kappa shape index (κ3) is 3.57. The van der Waals surface area contributed by atoms with Crippen LogP contribution >= 0.6 is 0 Å². The molecule has 0 saturated heterocycles. The Hall–Kier alpha value is -2.40. The van der Waals surface area contributed by atoms with Gasteiger partial charge in [-0.05, 0) is 30.5 Å². The lowest BCUT2D eigenvalue weighted by atomic mass is 9.82. The molecule has 1 saturated carbocycles. The first-order chi connectivity index (χ1) is 11.6. The molecule has 0 spiro atoms. The first kappa shape index (κ1) is 16.5. The number of hydrogen-bond acceptors (Lipinski definition) is 3. The van der Waals surface area contributed by atoms with E-state index >= 15 is 0 Å². The van der Waals surface area contributed by atoms with Crippen LogP contribution in [0.2, 0.25) is 0 Å². The van der Waals surface area contributed by atoms with Crippen molar-refractivity contribution in [3.63, 3.8) is 0 Å². The van der Waals surface area contributed by atoms with Crippen LogP contribution in [-0.2, 0) is 11.3 Å². The molecule has 1 amide bonds. The molecule has 0 atom stereocenters. The van der Waals surface area contributed by atoms with Gasteiger partial charge in [0.05, 0.1) is 12.1 Å². The van der Waals surface area contributed by atoms with Gasteiger partial charge in [-0.2, -0.15) is 0 Å². The van der Waals surface area contributed by atoms with Gasteiger partial charge < -0.3 is 15.6 Å². The van der Waals surface area contributed by atoms with E-state index in [2.05, 4.69) is 5.32 Å². The Morgan fingerprint density at radius 3 is 2.50 bits per heavy atom. The SMILES string of the molecule is NC1(C(=O)Nc2cccn(Cc3ccccc3)c2=O)CCCCC1. The highest BCUT2D eigenvalue weighted by Crippen LogP contribution is 2.26. The highest BCUT2D eigenvalue weighted by molar-refractivity contribution is 5.97. The highest BCUT2D eigenvalue weighted by atomic mass is 16.2. The lowest BCUT2D eigenvalue weighted by Gasteiger charge is -2.31. The van der Waals surface area contributed by atoms with Crippen molar-refractivity contribution in [3.05, 3.63) is 64.6 Å². The van der Waals surface area contributed by atoms with Crippen LogP contribution in [0.15, 0.2) is 53.5 Å². The number of nitrogens with zero attached hydrogens (tertiary/aromatic N) is 1. The number of anilines is 1. The van der Waals surface area contributed by atoms with E-state index in [0.29, 0.717) is 19.4 Å². The Labute approximate surface area is 141 Å². The van der Waals surface area contributed by atoms with E-state index in [4.69, 9.17) is 5.73 Å². The number of carbonyl (C=O) groups is 1. The molecule has 1 heterocycles. The molecule has 2 aromatic rings. The third-order valence-corrected chi connectivity index (χ3v) is 4.66. The van der Waals surface area contributed by atoms with Gasteiger partial charge in [-0.3, -0.25) is 9.59 Å². The van der Waals surface area contributed by atoms with Crippen LogP contribution in [0.1, 0.15) is 37.7 Å². The number of amides is 1. The normalized spacial score (nSPS) is 16.5. The maximum atomic E-state index is 12.6. The summed E-state index contributed by atoms with van der Waals surface area (Å²) in [5.41, 5.74) is 6.49. The van der Waals surface area contributed by atoms with E-state index in [1.165, 1.54) is 0 Å². The van der Waals surface area contributed by atoms with E-state index in [-0.39, 0.29) is 17.2 Å². The maximum absolute atomic E-state index is 12.6. The van der Waals surface area contributed by atoms with E-state index in [1.807, 2.05) is 30.3 Å². The summed E-state index contributed by atoms with van der Waals surface area (Å²) in [5, 5.41) is 2.75. The molecule has 0 bridgehead atoms. The second kappa shape index (κ2) is 7.01. The summed E-state index contributed by atoms with van der Waals surface area (Å²) in [7, 11) is 0. The topological polar surface area (TPSA) is 77.1 Å². The quantitative estimate of drug-likeness (QED) is 0.906. The first-order valence-corrected chi connectivity index (χ1v) is 8.42. The zero-order valence-corrected chi connectivity index (χ0v) is 13.7. The van der Waals surface area contributed by atoms with Gasteiger partial charge in [-0.15, -0.1) is 0 Å². The van der Waals surface area contributed by atoms with Crippen molar-refractivity contribution in [1.82, 2.24) is 4.57 Å². The number of nitrogens with one attached hydrogen (secondary N) is 1. The fourth-order valence-electron chi connectivity index (χ4n) is 3.19. The molecule has 5 nitrogen and oxygen atoms in total. The number of nitrogens with two attached hydrogens (primary N) is 1. The molecule has 0 aliphatic heterocycles. The molecule has 1 aromatic carbocycles. The number of aromatic nitrogens is 1. The van der Waals surface area contributed by atoms with Crippen molar-refractivity contribution in [2.75, 3.05) is 5.32 Å². The summed E-state index contributed by atoms with van der Waals surface area (Å²) >= 11 is 0. The summed E-state index contributed by atoms with van der Waals surface area (Å²) in [4.78, 5) is 25.1. The molecule has 5 heteroatoms. The summed E-state index contributed by atoms with van der Waals surface area (Å²) in [5.74, 6) is -0.253. The predicted molar refractivity (Wildman–Crippen MR) is 94.9 cm³/mol. The molecule has 3 rings (SSSR count). The molecular weight excluding hydrogens is 302 g/mol. The van der Waals surface area contributed by atoms with Crippen LogP contribution in [0, 0.1) is 0 Å². The zero-order chi connectivity index (χ0) is 17.0. The second-order valence-corrected chi connectivity index (χ2v) is 6.51. The molecule has 1 aliphatic carbocycles. The van der Waals surface area contributed by atoms with Crippen LogP contribution in [0.25, 0.3) is 0 Å². The number of pyridine rings is 1. The number of benzene rings is 1. The Balaban J connectivity index is 1.78. The van der Waals surface area contributed by atoms with Crippen LogP contribution in [-0.4, -0.2) is 16.0 Å². The van der Waals surface area contributed by atoms with E-state index in [9.17, 15) is 9.59 Å². The standard InChI is InChI=1S/C19H23N3O2/c20-19(11-5-2-6-12-19)18(24)21-16-10-7-13-22(17(16)23)14-15-8-3-1-4-9-15/h1,3-4,7-10,13H,2,5-6,11-12,14,20H2,(H,21,24). The van der Waals surface area contributed by atoms with Crippen LogP contribution in [0.3, 0.4) is 0 Å². The van der Waals surface area contributed by atoms with Crippen LogP contribution in [0.4, 0.5) is 5.69 Å². The van der Waals surface area contributed by atoms with Gasteiger partial charge in [-0.1, -0.05) is 49.6 Å². The number of carbonyl (C=O) groups excluding carboxylic acids is 1. The average Bonchev–Trinajstić information content (AvgIpc) is 2.60. The minimum absolute atomic E-state index is 0.214. The molecule has 0 radical (unpaired) electrons. The van der Waals surface area contributed by atoms with Crippen molar-refractivity contribution in [2.45, 2.75) is 44.2 Å². The molecule has 1 aromatic heterocycles. The highest BCUT2D eigenvalue weighted by Gasteiger charge is 2.35. The molecule has 0 unspecified atom stereocenters. The summed E-state index contributed by atoms with van der Waals surface area (Å²) in [6, 6.07) is 13.1. The third-order valence-electron chi connectivity index (χ3n) is 4.66. The molecule has 24 heavy (non-hydrogen) atoms. The van der Waals surface area contributed by atoms with Gasteiger partial charge >= 0.3 is 0 Å².